The average Bonchev–Trinajstić information content (AvgIpc) is 2.98. The Bertz CT molecular complexity index is 554. The van der Waals surface area contributed by atoms with Crippen molar-refractivity contribution >= 4 is 0 Å². The first-order valence-electron chi connectivity index (χ1n) is 8.77. The molecule has 2 unspecified atom stereocenters. The van der Waals surface area contributed by atoms with Gasteiger partial charge in [-0.15, -0.1) is 0 Å². The molecule has 1 aliphatic carbocycles. The zero-order valence-electron chi connectivity index (χ0n) is 14.1. The molecule has 122 valence electrons. The Morgan fingerprint density at radius 2 is 1.48 bits per heavy atom. The minimum atomic E-state index is 0.131. The van der Waals surface area contributed by atoms with E-state index in [0.29, 0.717) is 5.92 Å². The highest BCUT2D eigenvalue weighted by atomic mass is 15.2. The van der Waals surface area contributed by atoms with Crippen molar-refractivity contribution < 1.29 is 0 Å². The maximum atomic E-state index is 6.33. The highest BCUT2D eigenvalue weighted by molar-refractivity contribution is 5.19. The van der Waals surface area contributed by atoms with Crippen molar-refractivity contribution in [2.45, 2.75) is 44.8 Å². The van der Waals surface area contributed by atoms with Crippen molar-refractivity contribution in [1.29, 1.82) is 0 Å². The molecule has 23 heavy (non-hydrogen) atoms. The van der Waals surface area contributed by atoms with Crippen LogP contribution >= 0.6 is 0 Å². The van der Waals surface area contributed by atoms with Crippen molar-refractivity contribution in [2.75, 3.05) is 6.54 Å². The van der Waals surface area contributed by atoms with Crippen LogP contribution in [0.4, 0.5) is 0 Å². The van der Waals surface area contributed by atoms with E-state index in [1.807, 2.05) is 0 Å². The molecule has 0 saturated heterocycles. The zero-order chi connectivity index (χ0) is 16.1. The largest absolute Gasteiger partial charge is 0.329 e. The van der Waals surface area contributed by atoms with Crippen molar-refractivity contribution in [3.63, 3.8) is 0 Å². The van der Waals surface area contributed by atoms with E-state index in [1.54, 1.807) is 0 Å². The normalized spacial score (nSPS) is 24.2. The van der Waals surface area contributed by atoms with Crippen LogP contribution in [0, 0.1) is 5.92 Å². The molecule has 1 fully saturated rings. The fourth-order valence-electron chi connectivity index (χ4n) is 4.11. The van der Waals surface area contributed by atoms with Gasteiger partial charge in [-0.05, 0) is 29.9 Å². The first kappa shape index (κ1) is 16.2. The highest BCUT2D eigenvalue weighted by Crippen LogP contribution is 2.41. The first-order valence-corrected chi connectivity index (χ1v) is 8.77. The van der Waals surface area contributed by atoms with E-state index >= 15 is 0 Å². The Morgan fingerprint density at radius 3 is 1.87 bits per heavy atom. The molecule has 2 atom stereocenters. The van der Waals surface area contributed by atoms with E-state index in [2.05, 4.69) is 72.5 Å². The molecule has 1 aliphatic rings. The van der Waals surface area contributed by atoms with Gasteiger partial charge >= 0.3 is 0 Å². The molecule has 3 rings (SSSR count). The van der Waals surface area contributed by atoms with E-state index in [0.717, 1.165) is 19.6 Å². The van der Waals surface area contributed by atoms with Crippen LogP contribution in [-0.4, -0.2) is 17.0 Å². The second kappa shape index (κ2) is 7.29. The lowest BCUT2D eigenvalue weighted by Gasteiger charge is -2.44. The molecule has 2 nitrogen and oxygen atoms in total. The van der Waals surface area contributed by atoms with Gasteiger partial charge in [0.1, 0.15) is 0 Å². The van der Waals surface area contributed by atoms with Gasteiger partial charge in [-0.3, -0.25) is 4.90 Å². The quantitative estimate of drug-likeness (QED) is 0.866. The minimum Gasteiger partial charge on any atom is -0.329 e. The minimum absolute atomic E-state index is 0.131. The summed E-state index contributed by atoms with van der Waals surface area (Å²) in [6.45, 7) is 5.06. The summed E-state index contributed by atoms with van der Waals surface area (Å²) < 4.78 is 0. The molecular formula is C21H28N2. The van der Waals surface area contributed by atoms with E-state index in [-0.39, 0.29) is 5.54 Å². The van der Waals surface area contributed by atoms with Gasteiger partial charge in [-0.2, -0.15) is 0 Å². The molecule has 0 amide bonds. The lowest BCUT2D eigenvalue weighted by Crippen LogP contribution is -2.54. The second-order valence-electron chi connectivity index (χ2n) is 6.93. The van der Waals surface area contributed by atoms with Crippen LogP contribution in [0.3, 0.4) is 0 Å². The van der Waals surface area contributed by atoms with Gasteiger partial charge in [-0.1, -0.05) is 74.0 Å². The number of hydrogen-bond acceptors (Lipinski definition) is 2. The van der Waals surface area contributed by atoms with Crippen LogP contribution in [0.2, 0.25) is 0 Å². The van der Waals surface area contributed by atoms with Crippen molar-refractivity contribution in [3.05, 3.63) is 71.8 Å². The van der Waals surface area contributed by atoms with Gasteiger partial charge in [0.25, 0.3) is 0 Å². The Labute approximate surface area is 140 Å². The Kier molecular flexibility index (Phi) is 5.14. The van der Waals surface area contributed by atoms with Gasteiger partial charge in [0, 0.05) is 25.2 Å². The van der Waals surface area contributed by atoms with Gasteiger partial charge in [0.2, 0.25) is 0 Å². The number of rotatable bonds is 6. The summed E-state index contributed by atoms with van der Waals surface area (Å²) in [5, 5.41) is 0. The lowest BCUT2D eigenvalue weighted by molar-refractivity contribution is 0.0480. The fourth-order valence-corrected chi connectivity index (χ4v) is 4.11. The van der Waals surface area contributed by atoms with Crippen LogP contribution in [0.25, 0.3) is 0 Å². The topological polar surface area (TPSA) is 29.3 Å². The van der Waals surface area contributed by atoms with Gasteiger partial charge in [0.05, 0.1) is 0 Å². The van der Waals surface area contributed by atoms with Crippen LogP contribution < -0.4 is 5.73 Å². The molecule has 0 heterocycles. The van der Waals surface area contributed by atoms with Gasteiger partial charge < -0.3 is 5.73 Å². The maximum absolute atomic E-state index is 6.33. The Hall–Kier alpha value is -1.64. The number of benzene rings is 2. The van der Waals surface area contributed by atoms with E-state index < -0.39 is 0 Å². The third kappa shape index (κ3) is 3.49. The monoisotopic (exact) mass is 308 g/mol. The van der Waals surface area contributed by atoms with E-state index in [4.69, 9.17) is 5.73 Å². The van der Waals surface area contributed by atoms with Crippen molar-refractivity contribution in [1.82, 2.24) is 4.90 Å². The van der Waals surface area contributed by atoms with E-state index in [9.17, 15) is 0 Å². The average molecular weight is 308 g/mol. The summed E-state index contributed by atoms with van der Waals surface area (Å²) in [4.78, 5) is 2.63. The summed E-state index contributed by atoms with van der Waals surface area (Å²) in [5.41, 5.74) is 9.20. The summed E-state index contributed by atoms with van der Waals surface area (Å²) in [5.74, 6) is 0.653. The predicted molar refractivity (Wildman–Crippen MR) is 96.9 cm³/mol. The molecule has 2 N–H and O–H groups in total. The molecule has 1 saturated carbocycles. The number of hydrogen-bond donors (Lipinski definition) is 1. The van der Waals surface area contributed by atoms with Crippen LogP contribution in [-0.2, 0) is 13.1 Å². The lowest BCUT2D eigenvalue weighted by atomic mass is 9.85. The summed E-state index contributed by atoms with van der Waals surface area (Å²) in [6, 6.07) is 21.6. The maximum Gasteiger partial charge on any atom is 0.0364 e. The Balaban J connectivity index is 1.89. The number of nitrogens with zero attached hydrogens (tertiary/aromatic N) is 1. The van der Waals surface area contributed by atoms with Crippen LogP contribution in [0.5, 0.6) is 0 Å². The third-order valence-electron chi connectivity index (χ3n) is 5.58. The molecule has 0 bridgehead atoms. The highest BCUT2D eigenvalue weighted by Gasteiger charge is 2.43. The van der Waals surface area contributed by atoms with E-state index in [1.165, 1.54) is 30.4 Å². The molecule has 0 radical (unpaired) electrons. The van der Waals surface area contributed by atoms with Crippen molar-refractivity contribution in [2.24, 2.45) is 11.7 Å². The summed E-state index contributed by atoms with van der Waals surface area (Å²) >= 11 is 0. The van der Waals surface area contributed by atoms with Gasteiger partial charge in [-0.25, -0.2) is 0 Å². The summed E-state index contributed by atoms with van der Waals surface area (Å²) in [6.07, 6.45) is 3.79. The molecule has 2 heteroatoms. The zero-order valence-corrected chi connectivity index (χ0v) is 14.1. The molecule has 0 spiro atoms. The first-order chi connectivity index (χ1) is 11.2. The smallest absolute Gasteiger partial charge is 0.0364 e. The molecular weight excluding hydrogens is 280 g/mol. The molecule has 0 aliphatic heterocycles. The third-order valence-corrected chi connectivity index (χ3v) is 5.58. The van der Waals surface area contributed by atoms with Crippen LogP contribution in [0.1, 0.15) is 37.3 Å². The Morgan fingerprint density at radius 1 is 0.957 bits per heavy atom. The fraction of sp³-hybridized carbons (Fsp3) is 0.429. The predicted octanol–water partition coefficient (Wildman–Crippen LogP) is 4.21. The van der Waals surface area contributed by atoms with Crippen molar-refractivity contribution in [3.8, 4) is 0 Å². The molecule has 0 aromatic heterocycles. The summed E-state index contributed by atoms with van der Waals surface area (Å²) in [7, 11) is 0. The van der Waals surface area contributed by atoms with Crippen LogP contribution in [0.15, 0.2) is 60.7 Å². The SMILES string of the molecule is CC1CCCC1(CN)N(Cc1ccccc1)Cc1ccccc1. The van der Waals surface area contributed by atoms with Gasteiger partial charge in [0.15, 0.2) is 0 Å². The second-order valence-corrected chi connectivity index (χ2v) is 6.93. The standard InChI is InChI=1S/C21H28N2/c1-18-9-8-14-21(18,17-22)23(15-19-10-4-2-5-11-19)16-20-12-6-3-7-13-20/h2-7,10-13,18H,8-9,14-17,22H2,1H3. The number of nitrogens with two attached hydrogens (primary N) is 1. The molecule has 2 aromatic rings. The molecule has 2 aromatic carbocycles.